The topological polar surface area (TPSA) is 34.0 Å². The molecule has 0 saturated carbocycles. The summed E-state index contributed by atoms with van der Waals surface area (Å²) in [5.74, 6) is 0.887. The molecule has 0 aliphatic rings. The maximum Gasteiger partial charge on any atom is 0.257 e. The van der Waals surface area contributed by atoms with Gasteiger partial charge < -0.3 is 9.88 Å². The fourth-order valence-electron chi connectivity index (χ4n) is 2.93. The van der Waals surface area contributed by atoms with Crippen molar-refractivity contribution in [2.45, 2.75) is 13.5 Å². The van der Waals surface area contributed by atoms with E-state index in [1.807, 2.05) is 31.2 Å². The van der Waals surface area contributed by atoms with Crippen molar-refractivity contribution < 1.29 is 4.79 Å². The van der Waals surface area contributed by atoms with Crippen molar-refractivity contribution in [2.24, 2.45) is 0 Å². The number of hydrogen-bond donors (Lipinski definition) is 1. The second-order valence-corrected chi connectivity index (χ2v) is 7.42. The second-order valence-electron chi connectivity index (χ2n) is 6.00. The lowest BCUT2D eigenvalue weighted by Crippen LogP contribution is -2.13. The van der Waals surface area contributed by atoms with E-state index in [4.69, 9.17) is 11.6 Å². The zero-order valence-electron chi connectivity index (χ0n) is 14.8. The molecule has 26 heavy (non-hydrogen) atoms. The lowest BCUT2D eigenvalue weighted by Gasteiger charge is -2.11. The Labute approximate surface area is 163 Å². The van der Waals surface area contributed by atoms with Gasteiger partial charge in [0.1, 0.15) is 0 Å². The molecule has 3 rings (SSSR count). The van der Waals surface area contributed by atoms with Crippen LogP contribution in [0.1, 0.15) is 16.1 Å². The number of hydrogen-bond acceptors (Lipinski definition) is 2. The summed E-state index contributed by atoms with van der Waals surface area (Å²) in [6.45, 7) is 2.87. The van der Waals surface area contributed by atoms with E-state index >= 15 is 0 Å². The van der Waals surface area contributed by atoms with Gasteiger partial charge in [0.2, 0.25) is 0 Å². The first-order valence-electron chi connectivity index (χ1n) is 8.41. The standard InChI is InChI=1S/C21H21ClN2OS/c1-15-19(21(25)23-18-10-8-17(22)9-11-18)14-20(24(15)12-13-26-2)16-6-4-3-5-7-16/h3-11,14H,12-13H2,1-2H3,(H,23,25). The summed E-state index contributed by atoms with van der Waals surface area (Å²) in [6, 6.07) is 19.3. The molecule has 134 valence electrons. The van der Waals surface area contributed by atoms with Gasteiger partial charge in [0.25, 0.3) is 5.91 Å². The van der Waals surface area contributed by atoms with E-state index in [1.54, 1.807) is 36.0 Å². The number of rotatable bonds is 6. The van der Waals surface area contributed by atoms with Crippen LogP contribution in [0.15, 0.2) is 60.7 Å². The predicted octanol–water partition coefficient (Wildman–Crippen LogP) is 5.73. The zero-order valence-corrected chi connectivity index (χ0v) is 16.4. The summed E-state index contributed by atoms with van der Waals surface area (Å²) in [5.41, 5.74) is 4.59. The Morgan fingerprint density at radius 3 is 2.46 bits per heavy atom. The van der Waals surface area contributed by atoms with Crippen molar-refractivity contribution >= 4 is 35.0 Å². The van der Waals surface area contributed by atoms with E-state index in [2.05, 4.69) is 28.3 Å². The van der Waals surface area contributed by atoms with Crippen LogP contribution in [0.2, 0.25) is 5.02 Å². The zero-order chi connectivity index (χ0) is 18.5. The van der Waals surface area contributed by atoms with Crippen LogP contribution in [-0.4, -0.2) is 22.5 Å². The van der Waals surface area contributed by atoms with Gasteiger partial charge in [-0.25, -0.2) is 0 Å². The van der Waals surface area contributed by atoms with Crippen molar-refractivity contribution in [2.75, 3.05) is 17.3 Å². The minimum absolute atomic E-state index is 0.107. The van der Waals surface area contributed by atoms with Crippen LogP contribution < -0.4 is 5.32 Å². The number of carbonyl (C=O) groups is 1. The Morgan fingerprint density at radius 2 is 1.81 bits per heavy atom. The Bertz CT molecular complexity index is 888. The fraction of sp³-hybridized carbons (Fsp3) is 0.190. The van der Waals surface area contributed by atoms with Crippen LogP contribution in [0.3, 0.4) is 0 Å². The lowest BCUT2D eigenvalue weighted by molar-refractivity contribution is 0.102. The minimum Gasteiger partial charge on any atom is -0.343 e. The van der Waals surface area contributed by atoms with E-state index in [9.17, 15) is 4.79 Å². The molecule has 0 saturated heterocycles. The van der Waals surface area contributed by atoms with Crippen LogP contribution in [0.4, 0.5) is 5.69 Å². The number of aromatic nitrogens is 1. The molecule has 5 heteroatoms. The third-order valence-corrected chi connectivity index (χ3v) is 5.14. The molecule has 0 fully saturated rings. The highest BCUT2D eigenvalue weighted by atomic mass is 35.5. The number of amides is 1. The Balaban J connectivity index is 1.95. The number of carbonyl (C=O) groups excluding carboxylic acids is 1. The van der Waals surface area contributed by atoms with Crippen molar-refractivity contribution in [3.63, 3.8) is 0 Å². The lowest BCUT2D eigenvalue weighted by atomic mass is 10.1. The van der Waals surface area contributed by atoms with E-state index in [0.29, 0.717) is 10.6 Å². The number of benzene rings is 2. The van der Waals surface area contributed by atoms with Gasteiger partial charge in [-0.3, -0.25) is 4.79 Å². The average Bonchev–Trinajstić information content (AvgIpc) is 2.99. The summed E-state index contributed by atoms with van der Waals surface area (Å²) in [6.07, 6.45) is 2.09. The molecular formula is C21H21ClN2OS. The molecule has 3 aromatic rings. The van der Waals surface area contributed by atoms with Crippen LogP contribution in [0, 0.1) is 6.92 Å². The molecule has 2 aromatic carbocycles. The van der Waals surface area contributed by atoms with Gasteiger partial charge in [-0.2, -0.15) is 11.8 Å². The number of anilines is 1. The third-order valence-electron chi connectivity index (χ3n) is 4.30. The molecule has 0 radical (unpaired) electrons. The fourth-order valence-corrected chi connectivity index (χ4v) is 3.42. The van der Waals surface area contributed by atoms with Crippen molar-refractivity contribution in [3.05, 3.63) is 76.9 Å². The number of thioether (sulfide) groups is 1. The summed E-state index contributed by atoms with van der Waals surface area (Å²) in [5, 5.41) is 3.61. The largest absolute Gasteiger partial charge is 0.343 e. The molecule has 1 amide bonds. The first-order valence-corrected chi connectivity index (χ1v) is 10.2. The van der Waals surface area contributed by atoms with E-state index in [1.165, 1.54) is 0 Å². The van der Waals surface area contributed by atoms with Crippen molar-refractivity contribution in [1.82, 2.24) is 4.57 Å². The molecule has 0 bridgehead atoms. The second kappa shape index (κ2) is 8.47. The number of halogens is 1. The van der Waals surface area contributed by atoms with Crippen molar-refractivity contribution in [3.8, 4) is 11.3 Å². The van der Waals surface area contributed by atoms with Crippen molar-refractivity contribution in [1.29, 1.82) is 0 Å². The maximum atomic E-state index is 12.8. The first kappa shape index (κ1) is 18.6. The molecule has 0 spiro atoms. The highest BCUT2D eigenvalue weighted by Crippen LogP contribution is 2.27. The smallest absolute Gasteiger partial charge is 0.257 e. The van der Waals surface area contributed by atoms with Gasteiger partial charge in [-0.15, -0.1) is 0 Å². The third kappa shape index (κ3) is 4.14. The molecule has 0 aliphatic heterocycles. The van der Waals surface area contributed by atoms with Crippen LogP contribution in [0.25, 0.3) is 11.3 Å². The van der Waals surface area contributed by atoms with E-state index < -0.39 is 0 Å². The monoisotopic (exact) mass is 384 g/mol. The first-order chi connectivity index (χ1) is 12.6. The molecule has 1 aromatic heterocycles. The van der Waals surface area contributed by atoms with Gasteiger partial charge >= 0.3 is 0 Å². The molecule has 0 unspecified atom stereocenters. The summed E-state index contributed by atoms with van der Waals surface area (Å²) in [7, 11) is 0. The van der Waals surface area contributed by atoms with E-state index in [0.717, 1.165) is 34.9 Å². The van der Waals surface area contributed by atoms with Crippen LogP contribution >= 0.6 is 23.4 Å². The highest BCUT2D eigenvalue weighted by Gasteiger charge is 2.18. The molecule has 0 aliphatic carbocycles. The minimum atomic E-state index is -0.107. The Hall–Kier alpha value is -2.17. The van der Waals surface area contributed by atoms with Gasteiger partial charge in [0.05, 0.1) is 5.56 Å². The highest BCUT2D eigenvalue weighted by molar-refractivity contribution is 7.98. The van der Waals surface area contributed by atoms with Gasteiger partial charge in [-0.1, -0.05) is 41.9 Å². The van der Waals surface area contributed by atoms with Crippen LogP contribution in [-0.2, 0) is 6.54 Å². The summed E-state index contributed by atoms with van der Waals surface area (Å²) < 4.78 is 2.22. The normalized spacial score (nSPS) is 10.7. The SMILES string of the molecule is CSCCn1c(-c2ccccc2)cc(C(=O)Nc2ccc(Cl)cc2)c1C. The Kier molecular flexibility index (Phi) is 6.07. The van der Waals surface area contributed by atoms with Crippen LogP contribution in [0.5, 0.6) is 0 Å². The van der Waals surface area contributed by atoms with Gasteiger partial charge in [-0.05, 0) is 49.1 Å². The predicted molar refractivity (Wildman–Crippen MR) is 112 cm³/mol. The molecule has 1 heterocycles. The Morgan fingerprint density at radius 1 is 1.12 bits per heavy atom. The molecule has 3 nitrogen and oxygen atoms in total. The average molecular weight is 385 g/mol. The van der Waals surface area contributed by atoms with E-state index in [-0.39, 0.29) is 5.91 Å². The summed E-state index contributed by atoms with van der Waals surface area (Å²) >= 11 is 7.71. The molecular weight excluding hydrogens is 364 g/mol. The number of nitrogens with one attached hydrogen (secondary N) is 1. The number of nitrogens with zero attached hydrogens (tertiary/aromatic N) is 1. The maximum absolute atomic E-state index is 12.8. The summed E-state index contributed by atoms with van der Waals surface area (Å²) in [4.78, 5) is 12.8. The molecule has 1 N–H and O–H groups in total. The van der Waals surface area contributed by atoms with Gasteiger partial charge in [0.15, 0.2) is 0 Å². The molecule has 0 atom stereocenters. The van der Waals surface area contributed by atoms with Gasteiger partial charge in [0, 0.05) is 34.4 Å². The quantitative estimate of drug-likeness (QED) is 0.588.